The lowest BCUT2D eigenvalue weighted by molar-refractivity contribution is 0.162. The maximum atomic E-state index is 4.83. The zero-order valence-corrected chi connectivity index (χ0v) is 7.75. The average molecular weight is 155 g/mol. The van der Waals surface area contributed by atoms with Crippen LogP contribution in [0.15, 0.2) is 0 Å². The maximum absolute atomic E-state index is 4.83. The lowest BCUT2D eigenvalue weighted by Crippen LogP contribution is -1.84. The van der Waals surface area contributed by atoms with E-state index in [-0.39, 0.29) is 12.4 Å². The van der Waals surface area contributed by atoms with E-state index >= 15 is 0 Å². The van der Waals surface area contributed by atoms with Crippen LogP contribution < -0.4 is 0 Å². The summed E-state index contributed by atoms with van der Waals surface area (Å²) in [7, 11) is 0. The van der Waals surface area contributed by atoms with Crippen LogP contribution in [-0.2, 0) is 4.74 Å². The first-order valence-corrected chi connectivity index (χ1v) is 3.41. The summed E-state index contributed by atoms with van der Waals surface area (Å²) in [5, 5.41) is 0. The molecule has 0 bridgehead atoms. The molecular weight excluding hydrogens is 136 g/mol. The first-order chi connectivity index (χ1) is 3.83. The smallest absolute Gasteiger partial charge is 0.0437 e. The Labute approximate surface area is 65.2 Å². The fraction of sp³-hybridized carbons (Fsp3) is 1.00. The predicted octanol–water partition coefficient (Wildman–Crippen LogP) is 2.88. The van der Waals surface area contributed by atoms with Crippen molar-refractivity contribution in [3.63, 3.8) is 0 Å². The molecule has 0 aliphatic heterocycles. The minimum Gasteiger partial charge on any atom is -0.382 e. The molecule has 9 heavy (non-hydrogen) atoms. The monoisotopic (exact) mass is 154 g/mol. The highest BCUT2D eigenvalue weighted by atomic mass is 35.5. The van der Waals surface area contributed by atoms with Crippen LogP contribution >= 0.6 is 12.4 Å². The molecule has 0 radical (unpaired) electrons. The van der Waals surface area contributed by atoms with Crippen molar-refractivity contribution < 1.29 is 4.74 Å². The highest BCUT2D eigenvalue weighted by Crippen LogP contribution is 1.64. The number of halogens is 1. The average Bonchev–Trinajstić information content (AvgIpc) is 1.71. The lowest BCUT2D eigenvalue weighted by atomic mass is 10.6. The molecule has 0 rings (SSSR count). The molecule has 0 aliphatic carbocycles. The van der Waals surface area contributed by atoms with Gasteiger partial charge in [-0.3, -0.25) is 0 Å². The van der Waals surface area contributed by atoms with Crippen molar-refractivity contribution >= 4 is 12.4 Å². The number of ether oxygens (including phenoxy) is 1. The lowest BCUT2D eigenvalue weighted by Gasteiger charge is -1.86. The van der Waals surface area contributed by atoms with Crippen molar-refractivity contribution in [3.05, 3.63) is 0 Å². The summed E-state index contributed by atoms with van der Waals surface area (Å²) in [5.41, 5.74) is 0. The molecule has 0 fully saturated rings. The molecule has 0 aromatic rings. The summed E-state index contributed by atoms with van der Waals surface area (Å²) < 4.78 is 4.83. The molecule has 0 amide bonds. The van der Waals surface area contributed by atoms with Crippen LogP contribution in [-0.4, -0.2) is 13.2 Å². The van der Waals surface area contributed by atoms with E-state index in [4.69, 9.17) is 4.74 Å². The number of hydrogen-bond donors (Lipinski definition) is 0. The van der Waals surface area contributed by atoms with Crippen molar-refractivity contribution in [1.82, 2.24) is 0 Å². The Bertz CT molecular complexity index is 22.9. The Morgan fingerprint density at radius 2 is 1.11 bits per heavy atom. The standard InChI is InChI=1S/C4H10O.C3H8.ClH/c1-3-5-4-2;1-3-2;/h3-4H2,1-2H3;3H2,1-2H3;1H. The van der Waals surface area contributed by atoms with Gasteiger partial charge in [-0.1, -0.05) is 20.3 Å². The van der Waals surface area contributed by atoms with Gasteiger partial charge in [0.2, 0.25) is 0 Å². The van der Waals surface area contributed by atoms with Gasteiger partial charge < -0.3 is 4.74 Å². The molecule has 0 spiro atoms. The van der Waals surface area contributed by atoms with Gasteiger partial charge in [-0.25, -0.2) is 0 Å². The topological polar surface area (TPSA) is 9.23 Å². The Balaban J connectivity index is -0.0000000800. The normalized spacial score (nSPS) is 6.67. The quantitative estimate of drug-likeness (QED) is 0.595. The van der Waals surface area contributed by atoms with Gasteiger partial charge in [0.1, 0.15) is 0 Å². The van der Waals surface area contributed by atoms with Crippen molar-refractivity contribution in [1.29, 1.82) is 0 Å². The van der Waals surface area contributed by atoms with E-state index in [1.54, 1.807) is 0 Å². The molecule has 0 heterocycles. The highest BCUT2D eigenvalue weighted by molar-refractivity contribution is 5.85. The number of rotatable bonds is 2. The van der Waals surface area contributed by atoms with Crippen molar-refractivity contribution in [3.8, 4) is 0 Å². The van der Waals surface area contributed by atoms with Crippen LogP contribution in [0.2, 0.25) is 0 Å². The van der Waals surface area contributed by atoms with Crippen LogP contribution in [0.4, 0.5) is 0 Å². The van der Waals surface area contributed by atoms with Crippen LogP contribution in [0.3, 0.4) is 0 Å². The molecule has 0 aliphatic rings. The van der Waals surface area contributed by atoms with E-state index in [0.717, 1.165) is 13.2 Å². The Kier molecular flexibility index (Phi) is 43.0. The minimum atomic E-state index is 0. The Hall–Kier alpha value is 0.250. The second kappa shape index (κ2) is 24.0. The van der Waals surface area contributed by atoms with Gasteiger partial charge in [-0.05, 0) is 13.8 Å². The van der Waals surface area contributed by atoms with Gasteiger partial charge in [0.15, 0.2) is 0 Å². The van der Waals surface area contributed by atoms with Crippen LogP contribution in [0.5, 0.6) is 0 Å². The molecule has 1 nitrogen and oxygen atoms in total. The second-order valence-electron chi connectivity index (χ2n) is 1.49. The first-order valence-electron chi connectivity index (χ1n) is 3.41. The molecule has 0 saturated heterocycles. The zero-order chi connectivity index (χ0) is 6.83. The van der Waals surface area contributed by atoms with Gasteiger partial charge in [-0.2, -0.15) is 0 Å². The third-order valence-electron chi connectivity index (χ3n) is 0.408. The van der Waals surface area contributed by atoms with Crippen LogP contribution in [0.1, 0.15) is 34.1 Å². The summed E-state index contributed by atoms with van der Waals surface area (Å²) in [5.74, 6) is 0. The summed E-state index contributed by atoms with van der Waals surface area (Å²) in [4.78, 5) is 0. The van der Waals surface area contributed by atoms with Gasteiger partial charge >= 0.3 is 0 Å². The molecular formula is C7H19ClO. The fourth-order valence-corrected chi connectivity index (χ4v) is 0.204. The number of hydrogen-bond acceptors (Lipinski definition) is 1. The van der Waals surface area contributed by atoms with Gasteiger partial charge in [0.05, 0.1) is 0 Å². The summed E-state index contributed by atoms with van der Waals surface area (Å²) in [6.07, 6.45) is 1.25. The first kappa shape index (κ1) is 16.1. The van der Waals surface area contributed by atoms with Crippen molar-refractivity contribution in [2.45, 2.75) is 34.1 Å². The van der Waals surface area contributed by atoms with Crippen LogP contribution in [0, 0.1) is 0 Å². The van der Waals surface area contributed by atoms with Gasteiger partial charge in [-0.15, -0.1) is 12.4 Å². The maximum Gasteiger partial charge on any atom is 0.0437 e. The van der Waals surface area contributed by atoms with E-state index in [1.807, 2.05) is 13.8 Å². The predicted molar refractivity (Wildman–Crippen MR) is 45.4 cm³/mol. The SMILES string of the molecule is CCC.CCOCC.Cl. The largest absolute Gasteiger partial charge is 0.382 e. The van der Waals surface area contributed by atoms with Crippen molar-refractivity contribution in [2.75, 3.05) is 13.2 Å². The second-order valence-corrected chi connectivity index (χ2v) is 1.49. The van der Waals surface area contributed by atoms with Gasteiger partial charge in [0.25, 0.3) is 0 Å². The molecule has 0 atom stereocenters. The fourth-order valence-electron chi connectivity index (χ4n) is 0.204. The van der Waals surface area contributed by atoms with Gasteiger partial charge in [0, 0.05) is 13.2 Å². The molecule has 0 N–H and O–H groups in total. The third kappa shape index (κ3) is 63.7. The zero-order valence-electron chi connectivity index (χ0n) is 6.94. The van der Waals surface area contributed by atoms with E-state index in [0.29, 0.717) is 0 Å². The molecule has 60 valence electrons. The molecule has 0 unspecified atom stereocenters. The highest BCUT2D eigenvalue weighted by Gasteiger charge is 1.64. The molecule has 0 aromatic heterocycles. The summed E-state index contributed by atoms with van der Waals surface area (Å²) in [6.45, 7) is 9.92. The molecule has 2 heteroatoms. The summed E-state index contributed by atoms with van der Waals surface area (Å²) >= 11 is 0. The van der Waals surface area contributed by atoms with E-state index in [1.165, 1.54) is 6.42 Å². The molecule has 0 saturated carbocycles. The van der Waals surface area contributed by atoms with Crippen LogP contribution in [0.25, 0.3) is 0 Å². The van der Waals surface area contributed by atoms with Crippen molar-refractivity contribution in [2.24, 2.45) is 0 Å². The minimum absolute atomic E-state index is 0. The van der Waals surface area contributed by atoms with E-state index < -0.39 is 0 Å². The molecule has 0 aromatic carbocycles. The Morgan fingerprint density at radius 3 is 1.11 bits per heavy atom. The Morgan fingerprint density at radius 1 is 0.889 bits per heavy atom. The van der Waals surface area contributed by atoms with E-state index in [9.17, 15) is 0 Å². The summed E-state index contributed by atoms with van der Waals surface area (Å²) in [6, 6.07) is 0. The van der Waals surface area contributed by atoms with E-state index in [2.05, 4.69) is 13.8 Å². The third-order valence-corrected chi connectivity index (χ3v) is 0.408.